The molecule has 1 aromatic carbocycles. The molecule has 0 bridgehead atoms. The maximum atomic E-state index is 12.1. The number of carbonyl (C=O) groups excluding carboxylic acids is 1. The SMILES string of the molecule is O=C(CN1CC(c2nc(-c3cccs3)no2)C1)NCc1ccccc1Cl. The van der Waals surface area contributed by atoms with Crippen molar-refractivity contribution in [3.8, 4) is 10.7 Å². The van der Waals surface area contributed by atoms with Crippen LogP contribution < -0.4 is 5.32 Å². The van der Waals surface area contributed by atoms with Crippen molar-refractivity contribution >= 4 is 28.8 Å². The van der Waals surface area contributed by atoms with Crippen LogP contribution in [0.3, 0.4) is 0 Å². The Hall–Kier alpha value is -2.22. The largest absolute Gasteiger partial charge is 0.351 e. The minimum Gasteiger partial charge on any atom is -0.351 e. The normalized spacial score (nSPS) is 15.0. The number of nitrogens with one attached hydrogen (secondary N) is 1. The van der Waals surface area contributed by atoms with Crippen LogP contribution in [0.15, 0.2) is 46.3 Å². The molecule has 0 radical (unpaired) electrons. The molecular formula is C18H17ClN4O2S. The molecule has 0 aliphatic carbocycles. The number of hydrogen-bond donors (Lipinski definition) is 1. The summed E-state index contributed by atoms with van der Waals surface area (Å²) in [6.07, 6.45) is 0. The first-order valence-corrected chi connectivity index (χ1v) is 9.55. The number of thiophene rings is 1. The van der Waals surface area contributed by atoms with Gasteiger partial charge in [0.25, 0.3) is 0 Å². The number of likely N-dealkylation sites (tertiary alicyclic amines) is 1. The quantitative estimate of drug-likeness (QED) is 0.702. The second-order valence-electron chi connectivity index (χ2n) is 6.19. The summed E-state index contributed by atoms with van der Waals surface area (Å²) >= 11 is 7.68. The summed E-state index contributed by atoms with van der Waals surface area (Å²) in [4.78, 5) is 19.6. The van der Waals surface area contributed by atoms with Gasteiger partial charge in [-0.2, -0.15) is 4.98 Å². The Balaban J connectivity index is 1.24. The van der Waals surface area contributed by atoms with Crippen LogP contribution in [0.1, 0.15) is 17.4 Å². The minimum atomic E-state index is -0.0202. The number of nitrogens with zero attached hydrogens (tertiary/aromatic N) is 3. The van der Waals surface area contributed by atoms with Crippen molar-refractivity contribution in [3.63, 3.8) is 0 Å². The lowest BCUT2D eigenvalue weighted by molar-refractivity contribution is -0.123. The van der Waals surface area contributed by atoms with Gasteiger partial charge in [0.1, 0.15) is 0 Å². The molecule has 1 N–H and O–H groups in total. The number of carbonyl (C=O) groups is 1. The Morgan fingerprint density at radius 3 is 2.92 bits per heavy atom. The Morgan fingerprint density at radius 2 is 2.15 bits per heavy atom. The molecule has 1 aliphatic heterocycles. The zero-order chi connectivity index (χ0) is 17.9. The summed E-state index contributed by atoms with van der Waals surface area (Å²) in [5.41, 5.74) is 0.913. The summed E-state index contributed by atoms with van der Waals surface area (Å²) in [6.45, 7) is 2.27. The van der Waals surface area contributed by atoms with Gasteiger partial charge in [0.15, 0.2) is 0 Å². The molecule has 1 aliphatic rings. The molecule has 0 spiro atoms. The van der Waals surface area contributed by atoms with E-state index in [1.165, 1.54) is 0 Å². The predicted octanol–water partition coefficient (Wildman–Crippen LogP) is 3.17. The summed E-state index contributed by atoms with van der Waals surface area (Å²) in [5.74, 6) is 1.44. The Morgan fingerprint density at radius 1 is 1.31 bits per heavy atom. The van der Waals surface area contributed by atoms with Gasteiger partial charge in [-0.05, 0) is 23.1 Å². The molecule has 6 nitrogen and oxygen atoms in total. The fraction of sp³-hybridized carbons (Fsp3) is 0.278. The van der Waals surface area contributed by atoms with Crippen LogP contribution in [0.5, 0.6) is 0 Å². The monoisotopic (exact) mass is 388 g/mol. The molecule has 8 heteroatoms. The van der Waals surface area contributed by atoms with E-state index >= 15 is 0 Å². The summed E-state index contributed by atoms with van der Waals surface area (Å²) in [5, 5.41) is 9.58. The molecule has 0 saturated carbocycles. The van der Waals surface area contributed by atoms with E-state index in [9.17, 15) is 4.79 Å². The third-order valence-electron chi connectivity index (χ3n) is 4.29. The van der Waals surface area contributed by atoms with Crippen LogP contribution in [-0.2, 0) is 11.3 Å². The first kappa shape index (κ1) is 17.2. The van der Waals surface area contributed by atoms with E-state index in [1.807, 2.05) is 41.8 Å². The third-order valence-corrected chi connectivity index (χ3v) is 5.53. The number of halogens is 1. The van der Waals surface area contributed by atoms with Gasteiger partial charge in [-0.3, -0.25) is 9.69 Å². The highest BCUT2D eigenvalue weighted by Crippen LogP contribution is 2.28. The van der Waals surface area contributed by atoms with Crippen LogP contribution >= 0.6 is 22.9 Å². The van der Waals surface area contributed by atoms with Gasteiger partial charge in [-0.15, -0.1) is 11.3 Å². The number of hydrogen-bond acceptors (Lipinski definition) is 6. The lowest BCUT2D eigenvalue weighted by Crippen LogP contribution is -2.49. The van der Waals surface area contributed by atoms with Gasteiger partial charge >= 0.3 is 0 Å². The number of rotatable bonds is 6. The van der Waals surface area contributed by atoms with E-state index in [0.29, 0.717) is 29.8 Å². The van der Waals surface area contributed by atoms with Gasteiger partial charge in [0, 0.05) is 24.7 Å². The Labute approximate surface area is 159 Å². The zero-order valence-corrected chi connectivity index (χ0v) is 15.5. The standard InChI is InChI=1S/C18H17ClN4O2S/c19-14-5-2-1-4-12(14)8-20-16(24)11-23-9-13(10-23)18-21-17(22-25-18)15-6-3-7-26-15/h1-7,13H,8-11H2,(H,20,24). The van der Waals surface area contributed by atoms with Crippen molar-refractivity contribution < 1.29 is 9.32 Å². The van der Waals surface area contributed by atoms with Crippen LogP contribution in [0.25, 0.3) is 10.7 Å². The second kappa shape index (κ2) is 7.57. The molecule has 2 aromatic heterocycles. The molecule has 0 unspecified atom stereocenters. The van der Waals surface area contributed by atoms with Crippen molar-refractivity contribution in [3.05, 3.63) is 58.3 Å². The van der Waals surface area contributed by atoms with Crippen molar-refractivity contribution in [1.29, 1.82) is 0 Å². The van der Waals surface area contributed by atoms with Gasteiger partial charge in [-0.1, -0.05) is 41.0 Å². The van der Waals surface area contributed by atoms with Crippen molar-refractivity contribution in [1.82, 2.24) is 20.4 Å². The highest BCUT2D eigenvalue weighted by atomic mass is 35.5. The molecule has 1 saturated heterocycles. The average Bonchev–Trinajstić information content (AvgIpc) is 3.28. The predicted molar refractivity (Wildman–Crippen MR) is 100 cm³/mol. The van der Waals surface area contributed by atoms with Crippen LogP contribution in [0, 0.1) is 0 Å². The van der Waals surface area contributed by atoms with Crippen molar-refractivity contribution in [2.24, 2.45) is 0 Å². The first-order valence-electron chi connectivity index (χ1n) is 8.29. The van der Waals surface area contributed by atoms with Crippen LogP contribution in [0.2, 0.25) is 5.02 Å². The smallest absolute Gasteiger partial charge is 0.234 e. The highest BCUT2D eigenvalue weighted by Gasteiger charge is 2.33. The molecule has 3 heterocycles. The second-order valence-corrected chi connectivity index (χ2v) is 7.55. The number of benzene rings is 1. The van der Waals surface area contributed by atoms with E-state index < -0.39 is 0 Å². The topological polar surface area (TPSA) is 71.3 Å². The van der Waals surface area contributed by atoms with Crippen LogP contribution in [-0.4, -0.2) is 40.6 Å². The molecule has 3 aromatic rings. The Bertz CT molecular complexity index is 890. The van der Waals surface area contributed by atoms with Gasteiger partial charge in [0.2, 0.25) is 17.6 Å². The highest BCUT2D eigenvalue weighted by molar-refractivity contribution is 7.13. The fourth-order valence-electron chi connectivity index (χ4n) is 2.86. The van der Waals surface area contributed by atoms with Crippen LogP contribution in [0.4, 0.5) is 0 Å². The van der Waals surface area contributed by atoms with Gasteiger partial charge < -0.3 is 9.84 Å². The molecule has 26 heavy (non-hydrogen) atoms. The van der Waals surface area contributed by atoms with E-state index in [1.54, 1.807) is 11.3 Å². The van der Waals surface area contributed by atoms with E-state index in [-0.39, 0.29) is 11.8 Å². The maximum Gasteiger partial charge on any atom is 0.234 e. The van der Waals surface area contributed by atoms with E-state index in [0.717, 1.165) is 23.5 Å². The summed E-state index contributed by atoms with van der Waals surface area (Å²) < 4.78 is 5.37. The van der Waals surface area contributed by atoms with E-state index in [4.69, 9.17) is 16.1 Å². The van der Waals surface area contributed by atoms with Gasteiger partial charge in [0.05, 0.1) is 17.3 Å². The minimum absolute atomic E-state index is 0.0202. The van der Waals surface area contributed by atoms with Gasteiger partial charge in [-0.25, -0.2) is 0 Å². The lowest BCUT2D eigenvalue weighted by atomic mass is 10.0. The molecule has 134 valence electrons. The molecular weight excluding hydrogens is 372 g/mol. The zero-order valence-electron chi connectivity index (χ0n) is 13.9. The summed E-state index contributed by atoms with van der Waals surface area (Å²) in [6, 6.07) is 11.4. The molecule has 1 amide bonds. The first-order chi connectivity index (χ1) is 12.7. The average molecular weight is 389 g/mol. The fourth-order valence-corrected chi connectivity index (χ4v) is 3.71. The van der Waals surface area contributed by atoms with E-state index in [2.05, 4.69) is 20.4 Å². The summed E-state index contributed by atoms with van der Waals surface area (Å²) in [7, 11) is 0. The molecule has 0 atom stereocenters. The molecule has 1 fully saturated rings. The number of aromatic nitrogens is 2. The van der Waals surface area contributed by atoms with Crippen molar-refractivity contribution in [2.75, 3.05) is 19.6 Å². The maximum absolute atomic E-state index is 12.1. The Kier molecular flexibility index (Phi) is 5.01. The van der Waals surface area contributed by atoms with Crippen molar-refractivity contribution in [2.45, 2.75) is 12.5 Å². The lowest BCUT2D eigenvalue weighted by Gasteiger charge is -2.36. The molecule has 4 rings (SSSR count). The third kappa shape index (κ3) is 3.80. The number of amides is 1.